The molecule has 0 saturated heterocycles. The van der Waals surface area contributed by atoms with E-state index >= 15 is 0 Å². The SMILES string of the molecule is CCCCCCCCCC(=O)N(C(=O)CCCCCCCCC)C(CO)CO. The van der Waals surface area contributed by atoms with Crippen LogP contribution in [0.3, 0.4) is 0 Å². The Kier molecular flexibility index (Phi) is 18.7. The van der Waals surface area contributed by atoms with Gasteiger partial charge in [0, 0.05) is 12.8 Å². The van der Waals surface area contributed by atoms with E-state index in [0.29, 0.717) is 12.8 Å². The van der Waals surface area contributed by atoms with Gasteiger partial charge in [-0.2, -0.15) is 0 Å². The van der Waals surface area contributed by atoms with Crippen LogP contribution in [0, 0.1) is 0 Å². The molecule has 5 nitrogen and oxygen atoms in total. The first-order valence-corrected chi connectivity index (χ1v) is 11.7. The van der Waals surface area contributed by atoms with Crippen molar-refractivity contribution < 1.29 is 19.8 Å². The minimum Gasteiger partial charge on any atom is -0.394 e. The Morgan fingerprint density at radius 1 is 0.607 bits per heavy atom. The van der Waals surface area contributed by atoms with E-state index < -0.39 is 6.04 Å². The van der Waals surface area contributed by atoms with Gasteiger partial charge < -0.3 is 10.2 Å². The molecule has 28 heavy (non-hydrogen) atoms. The summed E-state index contributed by atoms with van der Waals surface area (Å²) < 4.78 is 0. The third-order valence-electron chi connectivity index (χ3n) is 5.31. The Hall–Kier alpha value is -0.940. The van der Waals surface area contributed by atoms with Crippen molar-refractivity contribution in [1.29, 1.82) is 0 Å². The Labute approximate surface area is 172 Å². The van der Waals surface area contributed by atoms with Gasteiger partial charge in [-0.05, 0) is 12.8 Å². The Balaban J connectivity index is 4.28. The molecule has 0 atom stereocenters. The van der Waals surface area contributed by atoms with Crippen LogP contribution in [0.15, 0.2) is 0 Å². The average Bonchev–Trinajstić information content (AvgIpc) is 2.70. The standard InChI is InChI=1S/C23H45NO4/c1-3-5-7-9-11-13-15-17-22(27)24(21(19-25)20-26)23(28)18-16-14-12-10-8-6-4-2/h21,25-26H,3-20H2,1-2H3. The smallest absolute Gasteiger partial charge is 0.229 e. The second-order valence-corrected chi connectivity index (χ2v) is 7.92. The highest BCUT2D eigenvalue weighted by Crippen LogP contribution is 2.14. The molecule has 0 aromatic rings. The van der Waals surface area contributed by atoms with Crippen molar-refractivity contribution in [2.45, 2.75) is 123 Å². The normalized spacial score (nSPS) is 11.2. The Morgan fingerprint density at radius 3 is 1.25 bits per heavy atom. The molecule has 2 amide bonds. The maximum atomic E-state index is 12.6. The largest absolute Gasteiger partial charge is 0.394 e. The van der Waals surface area contributed by atoms with Gasteiger partial charge in [0.2, 0.25) is 11.8 Å². The van der Waals surface area contributed by atoms with Crippen LogP contribution in [0.25, 0.3) is 0 Å². The molecule has 0 rings (SSSR count). The number of rotatable bonds is 19. The van der Waals surface area contributed by atoms with Gasteiger partial charge >= 0.3 is 0 Å². The predicted molar refractivity (Wildman–Crippen MR) is 115 cm³/mol. The van der Waals surface area contributed by atoms with Gasteiger partial charge in [-0.25, -0.2) is 0 Å². The first kappa shape index (κ1) is 27.1. The second-order valence-electron chi connectivity index (χ2n) is 7.92. The summed E-state index contributed by atoms with van der Waals surface area (Å²) in [6.45, 7) is 3.61. The van der Waals surface area contributed by atoms with Gasteiger partial charge in [-0.1, -0.05) is 90.9 Å². The van der Waals surface area contributed by atoms with Gasteiger partial charge in [0.15, 0.2) is 0 Å². The number of carbonyl (C=O) groups is 2. The predicted octanol–water partition coefficient (Wildman–Crippen LogP) is 4.98. The zero-order valence-corrected chi connectivity index (χ0v) is 18.5. The Bertz CT molecular complexity index is 353. The third-order valence-corrected chi connectivity index (χ3v) is 5.31. The molecule has 0 aromatic heterocycles. The number of unbranched alkanes of at least 4 members (excludes halogenated alkanes) is 12. The lowest BCUT2D eigenvalue weighted by atomic mass is 10.1. The maximum absolute atomic E-state index is 12.6. The number of amides is 2. The molecule has 0 radical (unpaired) electrons. The van der Waals surface area contributed by atoms with Gasteiger partial charge in [0.05, 0.1) is 19.3 Å². The maximum Gasteiger partial charge on any atom is 0.229 e. The third kappa shape index (κ3) is 13.3. The zero-order valence-electron chi connectivity index (χ0n) is 18.5. The summed E-state index contributed by atoms with van der Waals surface area (Å²) in [4.78, 5) is 26.3. The van der Waals surface area contributed by atoms with Crippen LogP contribution in [-0.2, 0) is 9.59 Å². The van der Waals surface area contributed by atoms with Crippen molar-refractivity contribution in [3.8, 4) is 0 Å². The highest BCUT2D eigenvalue weighted by Gasteiger charge is 2.28. The van der Waals surface area contributed by atoms with Gasteiger partial charge in [0.1, 0.15) is 0 Å². The fourth-order valence-corrected chi connectivity index (χ4v) is 3.47. The summed E-state index contributed by atoms with van der Waals surface area (Å²) in [5.74, 6) is -0.510. The molecular weight excluding hydrogens is 354 g/mol. The van der Waals surface area contributed by atoms with Gasteiger partial charge in [-0.3, -0.25) is 14.5 Å². The topological polar surface area (TPSA) is 77.8 Å². The van der Waals surface area contributed by atoms with Crippen LogP contribution < -0.4 is 0 Å². The number of imide groups is 1. The highest BCUT2D eigenvalue weighted by atomic mass is 16.3. The van der Waals surface area contributed by atoms with Crippen molar-refractivity contribution in [3.63, 3.8) is 0 Å². The van der Waals surface area contributed by atoms with Gasteiger partial charge in [0.25, 0.3) is 0 Å². The number of carbonyl (C=O) groups excluding carboxylic acids is 2. The summed E-state index contributed by atoms with van der Waals surface area (Å²) in [7, 11) is 0. The van der Waals surface area contributed by atoms with E-state index in [1.54, 1.807) is 0 Å². The first-order chi connectivity index (χ1) is 13.6. The van der Waals surface area contributed by atoms with E-state index in [0.717, 1.165) is 43.4 Å². The lowest BCUT2D eigenvalue weighted by Crippen LogP contribution is -2.48. The van der Waals surface area contributed by atoms with Crippen molar-refractivity contribution >= 4 is 11.8 Å². The van der Waals surface area contributed by atoms with E-state index in [1.165, 1.54) is 51.4 Å². The van der Waals surface area contributed by atoms with Crippen molar-refractivity contribution in [3.05, 3.63) is 0 Å². The average molecular weight is 400 g/mol. The van der Waals surface area contributed by atoms with Crippen LogP contribution in [0.1, 0.15) is 117 Å². The number of nitrogens with zero attached hydrogens (tertiary/aromatic N) is 1. The first-order valence-electron chi connectivity index (χ1n) is 11.7. The van der Waals surface area contributed by atoms with E-state index in [1.807, 2.05) is 0 Å². The van der Waals surface area contributed by atoms with Crippen molar-refractivity contribution in [2.75, 3.05) is 13.2 Å². The lowest BCUT2D eigenvalue weighted by molar-refractivity contribution is -0.150. The quantitative estimate of drug-likeness (QED) is 0.300. The van der Waals surface area contributed by atoms with Crippen molar-refractivity contribution in [1.82, 2.24) is 4.90 Å². The van der Waals surface area contributed by atoms with E-state index in [-0.39, 0.29) is 25.0 Å². The molecule has 0 aliphatic heterocycles. The molecule has 0 aliphatic rings. The van der Waals surface area contributed by atoms with Crippen LogP contribution in [0.2, 0.25) is 0 Å². The minimum absolute atomic E-state index is 0.255. The fourth-order valence-electron chi connectivity index (χ4n) is 3.47. The number of hydrogen-bond acceptors (Lipinski definition) is 4. The summed E-state index contributed by atoms with van der Waals surface area (Å²) in [6, 6.07) is -0.811. The molecule has 0 unspecified atom stereocenters. The lowest BCUT2D eigenvalue weighted by Gasteiger charge is -2.27. The summed E-state index contributed by atoms with van der Waals surface area (Å²) in [5, 5.41) is 18.9. The molecule has 0 saturated carbocycles. The molecule has 0 aromatic carbocycles. The number of aliphatic hydroxyl groups is 2. The highest BCUT2D eigenvalue weighted by molar-refractivity contribution is 5.95. The monoisotopic (exact) mass is 399 g/mol. The summed E-state index contributed by atoms with van der Waals surface area (Å²) in [5.41, 5.74) is 0. The van der Waals surface area contributed by atoms with Crippen LogP contribution >= 0.6 is 0 Å². The van der Waals surface area contributed by atoms with Gasteiger partial charge in [-0.15, -0.1) is 0 Å². The molecule has 0 aliphatic carbocycles. The Morgan fingerprint density at radius 2 is 0.929 bits per heavy atom. The van der Waals surface area contributed by atoms with Crippen LogP contribution in [-0.4, -0.2) is 46.2 Å². The molecule has 0 fully saturated rings. The molecule has 0 spiro atoms. The molecule has 5 heteroatoms. The van der Waals surface area contributed by atoms with E-state index in [4.69, 9.17) is 0 Å². The van der Waals surface area contributed by atoms with Crippen LogP contribution in [0.4, 0.5) is 0 Å². The number of aliphatic hydroxyl groups excluding tert-OH is 2. The molecule has 2 N–H and O–H groups in total. The summed E-state index contributed by atoms with van der Waals surface area (Å²) >= 11 is 0. The van der Waals surface area contributed by atoms with E-state index in [9.17, 15) is 19.8 Å². The second kappa shape index (κ2) is 19.4. The summed E-state index contributed by atoms with van der Waals surface area (Å²) in [6.07, 6.45) is 16.2. The fraction of sp³-hybridized carbons (Fsp3) is 0.913. The molecule has 0 heterocycles. The molecular formula is C23H45NO4. The zero-order chi connectivity index (χ0) is 21.0. The molecule has 166 valence electrons. The van der Waals surface area contributed by atoms with Crippen LogP contribution in [0.5, 0.6) is 0 Å². The van der Waals surface area contributed by atoms with Crippen molar-refractivity contribution in [2.24, 2.45) is 0 Å². The van der Waals surface area contributed by atoms with E-state index in [2.05, 4.69) is 13.8 Å². The minimum atomic E-state index is -0.811. The molecule has 0 bridgehead atoms. The number of hydrogen-bond donors (Lipinski definition) is 2.